The van der Waals surface area contributed by atoms with Crippen molar-refractivity contribution in [3.63, 3.8) is 0 Å². The maximum atomic E-state index is 12.3. The third kappa shape index (κ3) is 3.48. The monoisotopic (exact) mass is 374 g/mol. The van der Waals surface area contributed by atoms with Crippen molar-refractivity contribution in [1.82, 2.24) is 4.72 Å². The van der Waals surface area contributed by atoms with Gasteiger partial charge in [0.2, 0.25) is 10.0 Å². The number of hydrogen-bond acceptors (Lipinski definition) is 4. The van der Waals surface area contributed by atoms with Gasteiger partial charge in [0.1, 0.15) is 0 Å². The maximum Gasteiger partial charge on any atom is 0.241 e. The minimum atomic E-state index is -3.54. The summed E-state index contributed by atoms with van der Waals surface area (Å²) in [6.45, 7) is 2.63. The number of nitrogens with two attached hydrogens (primary N) is 1. The summed E-state index contributed by atoms with van der Waals surface area (Å²) in [4.78, 5) is 0.225. The van der Waals surface area contributed by atoms with E-state index >= 15 is 0 Å². The second kappa shape index (κ2) is 6.36. The van der Waals surface area contributed by atoms with Gasteiger partial charge in [-0.3, -0.25) is 0 Å². The molecule has 3 N–H and O–H groups in total. The molecule has 0 atom stereocenters. The zero-order valence-corrected chi connectivity index (χ0v) is 14.1. The molecule has 2 aromatic rings. The number of rotatable bonds is 5. The summed E-state index contributed by atoms with van der Waals surface area (Å²) in [5, 5.41) is 3.94. The van der Waals surface area contributed by atoms with E-state index in [1.54, 1.807) is 29.5 Å². The van der Waals surface area contributed by atoms with E-state index in [0.717, 1.165) is 16.7 Å². The van der Waals surface area contributed by atoms with Gasteiger partial charge in [-0.15, -0.1) is 0 Å². The highest BCUT2D eigenvalue weighted by Gasteiger charge is 2.17. The lowest BCUT2D eigenvalue weighted by Crippen LogP contribution is -2.23. The number of hydrogen-bond donors (Lipinski definition) is 2. The van der Waals surface area contributed by atoms with Crippen LogP contribution in [-0.2, 0) is 23.1 Å². The summed E-state index contributed by atoms with van der Waals surface area (Å²) < 4.78 is 27.7. The smallest absolute Gasteiger partial charge is 0.241 e. The molecule has 1 aromatic carbocycles. The molecule has 0 saturated heterocycles. The van der Waals surface area contributed by atoms with Crippen LogP contribution < -0.4 is 10.5 Å². The Balaban J connectivity index is 2.20. The number of halogens is 1. The standard InChI is InChI=1S/C13H15BrN2O2S2/c1-9-7-19-8-11(9)6-16-20(17,18)13-3-2-10(5-15)4-12(13)14/h2-4,7-8,16H,5-6,15H2,1H3. The molecule has 20 heavy (non-hydrogen) atoms. The van der Waals surface area contributed by atoms with Crippen molar-refractivity contribution in [2.75, 3.05) is 0 Å². The predicted molar refractivity (Wildman–Crippen MR) is 85.1 cm³/mol. The van der Waals surface area contributed by atoms with Crippen LogP contribution >= 0.6 is 27.3 Å². The van der Waals surface area contributed by atoms with Crippen molar-refractivity contribution >= 4 is 37.3 Å². The van der Waals surface area contributed by atoms with Gasteiger partial charge in [0.25, 0.3) is 0 Å². The quantitative estimate of drug-likeness (QED) is 0.844. The summed E-state index contributed by atoms with van der Waals surface area (Å²) in [6, 6.07) is 5.01. The van der Waals surface area contributed by atoms with Gasteiger partial charge in [-0.05, 0) is 62.4 Å². The van der Waals surface area contributed by atoms with Gasteiger partial charge in [-0.2, -0.15) is 11.3 Å². The minimum Gasteiger partial charge on any atom is -0.326 e. The van der Waals surface area contributed by atoms with Gasteiger partial charge in [0.15, 0.2) is 0 Å². The molecule has 0 aliphatic rings. The van der Waals surface area contributed by atoms with E-state index in [1.807, 2.05) is 17.7 Å². The normalized spacial score (nSPS) is 11.8. The van der Waals surface area contributed by atoms with Crippen LogP contribution in [0.2, 0.25) is 0 Å². The fraction of sp³-hybridized carbons (Fsp3) is 0.231. The highest BCUT2D eigenvalue weighted by atomic mass is 79.9. The second-order valence-corrected chi connectivity index (χ2v) is 7.71. The highest BCUT2D eigenvalue weighted by Crippen LogP contribution is 2.23. The number of thiophene rings is 1. The Morgan fingerprint density at radius 3 is 2.65 bits per heavy atom. The van der Waals surface area contributed by atoms with Crippen molar-refractivity contribution in [3.05, 3.63) is 50.1 Å². The minimum absolute atomic E-state index is 0.225. The van der Waals surface area contributed by atoms with Crippen molar-refractivity contribution in [2.24, 2.45) is 5.73 Å². The average Bonchev–Trinajstić information content (AvgIpc) is 2.81. The molecule has 0 bridgehead atoms. The summed E-state index contributed by atoms with van der Waals surface area (Å²) >= 11 is 4.85. The van der Waals surface area contributed by atoms with Crippen LogP contribution in [0.3, 0.4) is 0 Å². The molecule has 1 heterocycles. The first-order valence-corrected chi connectivity index (χ1v) is 9.16. The molecule has 108 valence electrons. The van der Waals surface area contributed by atoms with Gasteiger partial charge in [-0.25, -0.2) is 13.1 Å². The molecular weight excluding hydrogens is 360 g/mol. The average molecular weight is 375 g/mol. The van der Waals surface area contributed by atoms with Gasteiger partial charge >= 0.3 is 0 Å². The lowest BCUT2D eigenvalue weighted by atomic mass is 10.2. The Labute approximate surface area is 131 Å². The Morgan fingerprint density at radius 1 is 1.35 bits per heavy atom. The Bertz CT molecular complexity index is 711. The molecule has 2 rings (SSSR count). The fourth-order valence-electron chi connectivity index (χ4n) is 1.71. The Morgan fingerprint density at radius 2 is 2.10 bits per heavy atom. The number of aryl methyl sites for hydroxylation is 1. The van der Waals surface area contributed by atoms with E-state index in [2.05, 4.69) is 20.7 Å². The molecule has 4 nitrogen and oxygen atoms in total. The van der Waals surface area contributed by atoms with Crippen LogP contribution in [0, 0.1) is 6.92 Å². The third-order valence-corrected chi connectivity index (χ3v) is 6.22. The molecule has 0 saturated carbocycles. The SMILES string of the molecule is Cc1cscc1CNS(=O)(=O)c1ccc(CN)cc1Br. The molecule has 0 aliphatic carbocycles. The molecular formula is C13H15BrN2O2S2. The summed E-state index contributed by atoms with van der Waals surface area (Å²) in [6.07, 6.45) is 0. The van der Waals surface area contributed by atoms with Crippen molar-refractivity contribution in [3.8, 4) is 0 Å². The van der Waals surface area contributed by atoms with Gasteiger partial charge in [0, 0.05) is 17.6 Å². The lowest BCUT2D eigenvalue weighted by Gasteiger charge is -2.09. The summed E-state index contributed by atoms with van der Waals surface area (Å²) in [5.41, 5.74) is 8.50. The zero-order valence-electron chi connectivity index (χ0n) is 10.9. The summed E-state index contributed by atoms with van der Waals surface area (Å²) in [7, 11) is -3.54. The van der Waals surface area contributed by atoms with E-state index in [0.29, 0.717) is 17.6 Å². The number of nitrogens with one attached hydrogen (secondary N) is 1. The number of sulfonamides is 1. The van der Waals surface area contributed by atoms with E-state index < -0.39 is 10.0 Å². The molecule has 0 unspecified atom stereocenters. The van der Waals surface area contributed by atoms with E-state index in [-0.39, 0.29) is 4.90 Å². The van der Waals surface area contributed by atoms with Gasteiger partial charge in [0.05, 0.1) is 4.90 Å². The van der Waals surface area contributed by atoms with Crippen LogP contribution in [0.5, 0.6) is 0 Å². The van der Waals surface area contributed by atoms with Crippen LogP contribution in [0.4, 0.5) is 0 Å². The van der Waals surface area contributed by atoms with Crippen LogP contribution in [0.1, 0.15) is 16.7 Å². The summed E-state index contributed by atoms with van der Waals surface area (Å²) in [5.74, 6) is 0. The fourth-order valence-corrected chi connectivity index (χ4v) is 4.69. The van der Waals surface area contributed by atoms with Crippen LogP contribution in [0.25, 0.3) is 0 Å². The highest BCUT2D eigenvalue weighted by molar-refractivity contribution is 9.10. The van der Waals surface area contributed by atoms with E-state index in [1.165, 1.54) is 0 Å². The predicted octanol–water partition coefficient (Wildman–Crippen LogP) is 2.76. The molecule has 0 radical (unpaired) electrons. The largest absolute Gasteiger partial charge is 0.326 e. The van der Waals surface area contributed by atoms with Crippen molar-refractivity contribution < 1.29 is 8.42 Å². The van der Waals surface area contributed by atoms with Gasteiger partial charge < -0.3 is 5.73 Å². The van der Waals surface area contributed by atoms with Crippen molar-refractivity contribution in [1.29, 1.82) is 0 Å². The van der Waals surface area contributed by atoms with E-state index in [9.17, 15) is 8.42 Å². The van der Waals surface area contributed by atoms with Crippen LogP contribution in [0.15, 0.2) is 38.3 Å². The van der Waals surface area contributed by atoms with E-state index in [4.69, 9.17) is 5.73 Å². The first kappa shape index (κ1) is 15.7. The van der Waals surface area contributed by atoms with Crippen molar-refractivity contribution in [2.45, 2.75) is 24.9 Å². The molecule has 7 heteroatoms. The zero-order chi connectivity index (χ0) is 14.8. The molecule has 0 aliphatic heterocycles. The topological polar surface area (TPSA) is 72.2 Å². The molecule has 0 spiro atoms. The van der Waals surface area contributed by atoms with Crippen LogP contribution in [-0.4, -0.2) is 8.42 Å². The third-order valence-electron chi connectivity index (χ3n) is 2.94. The maximum absolute atomic E-state index is 12.3. The lowest BCUT2D eigenvalue weighted by molar-refractivity contribution is 0.580. The molecule has 0 fully saturated rings. The first-order chi connectivity index (χ1) is 9.44. The molecule has 0 amide bonds. The Kier molecular flexibility index (Phi) is 4.98. The van der Waals surface area contributed by atoms with Gasteiger partial charge in [-0.1, -0.05) is 6.07 Å². The first-order valence-electron chi connectivity index (χ1n) is 5.94. The second-order valence-electron chi connectivity index (χ2n) is 4.37. The number of benzene rings is 1. The molecule has 1 aromatic heterocycles. The Hall–Kier alpha value is -0.730.